The number of nitrogens with zero attached hydrogens (tertiary/aromatic N) is 1. The Bertz CT molecular complexity index is 411. The van der Waals surface area contributed by atoms with Crippen LogP contribution in [-0.2, 0) is 4.79 Å². The summed E-state index contributed by atoms with van der Waals surface area (Å²) in [7, 11) is 0. The minimum Gasteiger partial charge on any atom is -0.368 e. The highest BCUT2D eigenvalue weighted by atomic mass is 35.5. The molecule has 1 saturated heterocycles. The van der Waals surface area contributed by atoms with Crippen molar-refractivity contribution >= 4 is 36.5 Å². The van der Waals surface area contributed by atoms with Gasteiger partial charge in [-0.1, -0.05) is 6.07 Å². The molecule has 0 radical (unpaired) electrons. The van der Waals surface area contributed by atoms with Crippen LogP contribution in [0.4, 0.5) is 5.82 Å². The van der Waals surface area contributed by atoms with Gasteiger partial charge in [0.25, 0.3) is 0 Å². The molecule has 1 aliphatic heterocycles. The van der Waals surface area contributed by atoms with Crippen molar-refractivity contribution in [3.05, 3.63) is 23.9 Å². The Kier molecular flexibility index (Phi) is 9.29. The van der Waals surface area contributed by atoms with Crippen LogP contribution in [-0.4, -0.2) is 36.6 Å². The predicted octanol–water partition coefficient (Wildman–Crippen LogP) is 1.51. The second-order valence-corrected chi connectivity index (χ2v) is 4.53. The van der Waals surface area contributed by atoms with Crippen LogP contribution in [0.5, 0.6) is 0 Å². The monoisotopic (exact) mass is 320 g/mol. The minimum atomic E-state index is 0. The first-order valence-electron chi connectivity index (χ1n) is 6.44. The molecule has 5 nitrogen and oxygen atoms in total. The third-order valence-corrected chi connectivity index (χ3v) is 3.00. The van der Waals surface area contributed by atoms with E-state index >= 15 is 0 Å². The summed E-state index contributed by atoms with van der Waals surface area (Å²) in [5.74, 6) is 0.953. The zero-order valence-electron chi connectivity index (χ0n) is 11.5. The van der Waals surface area contributed by atoms with Crippen LogP contribution in [0.15, 0.2) is 18.2 Å². The van der Waals surface area contributed by atoms with E-state index in [4.69, 9.17) is 0 Å². The Morgan fingerprint density at radius 3 is 2.85 bits per heavy atom. The van der Waals surface area contributed by atoms with Gasteiger partial charge in [-0.15, -0.1) is 24.8 Å². The van der Waals surface area contributed by atoms with Crippen molar-refractivity contribution in [2.75, 3.05) is 25.0 Å². The van der Waals surface area contributed by atoms with Crippen LogP contribution in [0.1, 0.15) is 18.5 Å². The first kappa shape index (κ1) is 19.0. The maximum absolute atomic E-state index is 11.7. The second kappa shape index (κ2) is 9.80. The van der Waals surface area contributed by atoms with E-state index in [0.29, 0.717) is 13.1 Å². The van der Waals surface area contributed by atoms with E-state index in [1.807, 2.05) is 25.1 Å². The molecular weight excluding hydrogens is 299 g/mol. The van der Waals surface area contributed by atoms with Crippen LogP contribution in [0.3, 0.4) is 0 Å². The molecule has 1 aliphatic rings. The first-order chi connectivity index (χ1) is 8.75. The molecule has 1 aromatic heterocycles. The van der Waals surface area contributed by atoms with Crippen molar-refractivity contribution in [2.45, 2.75) is 25.8 Å². The lowest BCUT2D eigenvalue weighted by atomic mass is 10.2. The van der Waals surface area contributed by atoms with Crippen molar-refractivity contribution in [2.24, 2.45) is 0 Å². The second-order valence-electron chi connectivity index (χ2n) is 4.53. The number of aromatic nitrogens is 1. The normalized spacial score (nSPS) is 16.8. The van der Waals surface area contributed by atoms with Gasteiger partial charge in [-0.2, -0.15) is 0 Å². The molecule has 0 bridgehead atoms. The fourth-order valence-corrected chi connectivity index (χ4v) is 2.05. The summed E-state index contributed by atoms with van der Waals surface area (Å²) in [6.45, 7) is 4.21. The summed E-state index contributed by atoms with van der Waals surface area (Å²) in [5, 5.41) is 9.28. The van der Waals surface area contributed by atoms with Gasteiger partial charge < -0.3 is 16.0 Å². The lowest BCUT2D eigenvalue weighted by Gasteiger charge is -2.11. The first-order valence-corrected chi connectivity index (χ1v) is 6.44. The van der Waals surface area contributed by atoms with Gasteiger partial charge in [-0.05, 0) is 38.4 Å². The highest BCUT2D eigenvalue weighted by molar-refractivity contribution is 5.85. The van der Waals surface area contributed by atoms with E-state index < -0.39 is 0 Å². The summed E-state index contributed by atoms with van der Waals surface area (Å²) < 4.78 is 0. The number of halogens is 2. The van der Waals surface area contributed by atoms with Gasteiger partial charge in [-0.3, -0.25) is 4.79 Å². The number of carbonyl (C=O) groups is 1. The van der Waals surface area contributed by atoms with Crippen molar-refractivity contribution in [1.82, 2.24) is 15.6 Å². The zero-order valence-corrected chi connectivity index (χ0v) is 13.1. The summed E-state index contributed by atoms with van der Waals surface area (Å²) in [4.78, 5) is 16.0. The molecule has 1 amide bonds. The predicted molar refractivity (Wildman–Crippen MR) is 86.0 cm³/mol. The maximum Gasteiger partial charge on any atom is 0.237 e. The molecule has 2 heterocycles. The third-order valence-electron chi connectivity index (χ3n) is 3.00. The molecule has 114 valence electrons. The molecule has 2 rings (SSSR count). The molecule has 1 fully saturated rings. The molecular formula is C13H22Cl2N4O. The molecule has 20 heavy (non-hydrogen) atoms. The summed E-state index contributed by atoms with van der Waals surface area (Å²) in [6.07, 6.45) is 2.03. The van der Waals surface area contributed by atoms with Crippen molar-refractivity contribution < 1.29 is 4.79 Å². The lowest BCUT2D eigenvalue weighted by Crippen LogP contribution is -2.42. The van der Waals surface area contributed by atoms with Gasteiger partial charge in [0.05, 0.1) is 6.04 Å². The summed E-state index contributed by atoms with van der Waals surface area (Å²) in [6, 6.07) is 5.85. The average Bonchev–Trinajstić information content (AvgIpc) is 2.88. The molecule has 1 unspecified atom stereocenters. The van der Waals surface area contributed by atoms with Gasteiger partial charge in [0.15, 0.2) is 0 Å². The highest BCUT2D eigenvalue weighted by Crippen LogP contribution is 2.04. The Morgan fingerprint density at radius 2 is 2.20 bits per heavy atom. The fraction of sp³-hybridized carbons (Fsp3) is 0.538. The SMILES string of the molecule is Cc1cccc(NCCNC(=O)C2CCCN2)n1.Cl.Cl. The Morgan fingerprint density at radius 1 is 1.40 bits per heavy atom. The number of amides is 1. The molecule has 0 aromatic carbocycles. The van der Waals surface area contributed by atoms with Crippen molar-refractivity contribution in [3.63, 3.8) is 0 Å². The highest BCUT2D eigenvalue weighted by Gasteiger charge is 2.20. The van der Waals surface area contributed by atoms with Crippen LogP contribution in [0.25, 0.3) is 0 Å². The van der Waals surface area contributed by atoms with Crippen LogP contribution in [0.2, 0.25) is 0 Å². The van der Waals surface area contributed by atoms with Crippen LogP contribution in [0, 0.1) is 6.92 Å². The van der Waals surface area contributed by atoms with E-state index in [-0.39, 0.29) is 36.8 Å². The number of rotatable bonds is 5. The average molecular weight is 321 g/mol. The lowest BCUT2D eigenvalue weighted by molar-refractivity contribution is -0.122. The smallest absolute Gasteiger partial charge is 0.237 e. The number of carbonyl (C=O) groups excluding carboxylic acids is 1. The Balaban J connectivity index is 0.00000180. The molecule has 7 heteroatoms. The minimum absolute atomic E-state index is 0. The van der Waals surface area contributed by atoms with Gasteiger partial charge in [-0.25, -0.2) is 4.98 Å². The van der Waals surface area contributed by atoms with Crippen molar-refractivity contribution in [1.29, 1.82) is 0 Å². The van der Waals surface area contributed by atoms with Gasteiger partial charge >= 0.3 is 0 Å². The van der Waals surface area contributed by atoms with Gasteiger partial charge in [0.1, 0.15) is 5.82 Å². The molecule has 1 aromatic rings. The Hall–Kier alpha value is -1.04. The maximum atomic E-state index is 11.7. The summed E-state index contributed by atoms with van der Waals surface area (Å²) >= 11 is 0. The molecule has 0 aliphatic carbocycles. The van der Waals surface area contributed by atoms with Gasteiger partial charge in [0.2, 0.25) is 5.91 Å². The number of nitrogens with one attached hydrogen (secondary N) is 3. The quantitative estimate of drug-likeness (QED) is 0.720. The van der Waals surface area contributed by atoms with Crippen molar-refractivity contribution in [3.8, 4) is 0 Å². The Labute approximate surface area is 132 Å². The van der Waals surface area contributed by atoms with Gasteiger partial charge in [0, 0.05) is 18.8 Å². The number of aryl methyl sites for hydroxylation is 1. The van der Waals surface area contributed by atoms with Crippen LogP contribution < -0.4 is 16.0 Å². The molecule has 0 saturated carbocycles. The number of anilines is 1. The standard InChI is InChI=1S/C13H20N4O.2ClH/c1-10-4-2-6-12(17-10)15-8-9-16-13(18)11-5-3-7-14-11;;/h2,4,6,11,14H,3,5,7-9H2,1H3,(H,15,17)(H,16,18);2*1H. The number of hydrogen-bond donors (Lipinski definition) is 3. The third kappa shape index (κ3) is 5.94. The molecule has 0 spiro atoms. The molecule has 1 atom stereocenters. The molecule has 3 N–H and O–H groups in total. The van der Waals surface area contributed by atoms with E-state index in [2.05, 4.69) is 20.9 Å². The topological polar surface area (TPSA) is 66.0 Å². The summed E-state index contributed by atoms with van der Waals surface area (Å²) in [5.41, 5.74) is 0.985. The number of hydrogen-bond acceptors (Lipinski definition) is 4. The van der Waals surface area contributed by atoms with Crippen LogP contribution >= 0.6 is 24.8 Å². The van der Waals surface area contributed by atoms with E-state index in [0.717, 1.165) is 30.9 Å². The number of pyridine rings is 1. The largest absolute Gasteiger partial charge is 0.368 e. The van der Waals surface area contributed by atoms with E-state index in [1.165, 1.54) is 0 Å². The van der Waals surface area contributed by atoms with E-state index in [1.54, 1.807) is 0 Å². The fourth-order valence-electron chi connectivity index (χ4n) is 2.05. The zero-order chi connectivity index (χ0) is 12.8. The van der Waals surface area contributed by atoms with E-state index in [9.17, 15) is 4.79 Å².